The summed E-state index contributed by atoms with van der Waals surface area (Å²) in [5.74, 6) is -0.735. The van der Waals surface area contributed by atoms with Crippen molar-refractivity contribution in [1.82, 2.24) is 9.88 Å². The first-order chi connectivity index (χ1) is 8.54. The van der Waals surface area contributed by atoms with Crippen molar-refractivity contribution < 1.29 is 14.3 Å². The topological polar surface area (TPSA) is 59.5 Å². The lowest BCUT2D eigenvalue weighted by Crippen LogP contribution is -2.29. The number of nitrogens with zero attached hydrogens (tertiary/aromatic N) is 2. The largest absolute Gasteiger partial charge is 0.464 e. The van der Waals surface area contributed by atoms with Gasteiger partial charge in [-0.15, -0.1) is 0 Å². The molecule has 1 amide bonds. The van der Waals surface area contributed by atoms with Crippen molar-refractivity contribution in [1.29, 1.82) is 0 Å². The number of hydrogen-bond acceptors (Lipinski definition) is 4. The Hall–Kier alpha value is -1.43. The molecular formula is C12H13BrN2O3. The van der Waals surface area contributed by atoms with Crippen molar-refractivity contribution in [2.45, 2.75) is 18.9 Å². The number of rotatable bonds is 3. The summed E-state index contributed by atoms with van der Waals surface area (Å²) in [5.41, 5.74) is 0.376. The molecule has 1 fully saturated rings. The Bertz CT molecular complexity index is 500. The van der Waals surface area contributed by atoms with Crippen LogP contribution in [0, 0.1) is 0 Å². The van der Waals surface area contributed by atoms with E-state index >= 15 is 0 Å². The predicted octanol–water partition coefficient (Wildman–Crippen LogP) is 1.87. The van der Waals surface area contributed by atoms with Crippen molar-refractivity contribution in [2.75, 3.05) is 14.2 Å². The minimum absolute atomic E-state index is 0.118. The second-order valence-corrected chi connectivity index (χ2v) is 5.02. The standard InChI is InChI=1S/C12H13BrN2O3/c1-15(7-3-4-7)11(16)9-6-5-8(13)10(14-9)12(17)18-2/h5-7H,3-4H2,1-2H3. The van der Waals surface area contributed by atoms with Gasteiger partial charge in [0.1, 0.15) is 5.69 Å². The van der Waals surface area contributed by atoms with Gasteiger partial charge in [0.15, 0.2) is 5.69 Å². The zero-order valence-corrected chi connectivity index (χ0v) is 11.7. The zero-order chi connectivity index (χ0) is 13.3. The molecule has 1 aliphatic carbocycles. The van der Waals surface area contributed by atoms with Crippen LogP contribution in [0.5, 0.6) is 0 Å². The SMILES string of the molecule is COC(=O)c1nc(C(=O)N(C)C2CC2)ccc1Br. The van der Waals surface area contributed by atoms with E-state index in [1.54, 1.807) is 24.1 Å². The molecule has 1 heterocycles. The smallest absolute Gasteiger partial charge is 0.357 e. The lowest BCUT2D eigenvalue weighted by atomic mass is 10.2. The van der Waals surface area contributed by atoms with E-state index in [4.69, 9.17) is 0 Å². The maximum absolute atomic E-state index is 12.1. The van der Waals surface area contributed by atoms with Gasteiger partial charge in [-0.25, -0.2) is 9.78 Å². The second kappa shape index (κ2) is 5.06. The van der Waals surface area contributed by atoms with Crippen LogP contribution in [0.25, 0.3) is 0 Å². The highest BCUT2D eigenvalue weighted by atomic mass is 79.9. The van der Waals surface area contributed by atoms with Gasteiger partial charge in [-0.1, -0.05) is 0 Å². The van der Waals surface area contributed by atoms with Gasteiger partial charge in [0, 0.05) is 13.1 Å². The summed E-state index contributed by atoms with van der Waals surface area (Å²) in [7, 11) is 3.03. The number of amides is 1. The van der Waals surface area contributed by atoms with E-state index in [1.807, 2.05) is 0 Å². The number of aromatic nitrogens is 1. The fourth-order valence-corrected chi connectivity index (χ4v) is 1.99. The first-order valence-corrected chi connectivity index (χ1v) is 6.36. The van der Waals surface area contributed by atoms with Gasteiger partial charge in [0.25, 0.3) is 5.91 Å². The first-order valence-electron chi connectivity index (χ1n) is 5.56. The zero-order valence-electron chi connectivity index (χ0n) is 10.1. The van der Waals surface area contributed by atoms with E-state index in [0.717, 1.165) is 12.8 Å². The maximum Gasteiger partial charge on any atom is 0.357 e. The molecule has 0 N–H and O–H groups in total. The highest BCUT2D eigenvalue weighted by Crippen LogP contribution is 2.26. The van der Waals surface area contributed by atoms with Gasteiger partial charge >= 0.3 is 5.97 Å². The van der Waals surface area contributed by atoms with Gasteiger partial charge in [-0.2, -0.15) is 0 Å². The van der Waals surface area contributed by atoms with E-state index < -0.39 is 5.97 Å². The molecule has 0 atom stereocenters. The summed E-state index contributed by atoms with van der Waals surface area (Å²) in [6.07, 6.45) is 2.06. The van der Waals surface area contributed by atoms with E-state index in [1.165, 1.54) is 7.11 Å². The molecule has 1 aromatic heterocycles. The fraction of sp³-hybridized carbons (Fsp3) is 0.417. The molecule has 0 spiro atoms. The van der Waals surface area contributed by atoms with Crippen molar-refractivity contribution in [3.05, 3.63) is 28.0 Å². The second-order valence-electron chi connectivity index (χ2n) is 4.17. The molecule has 2 rings (SSSR count). The molecule has 18 heavy (non-hydrogen) atoms. The van der Waals surface area contributed by atoms with E-state index in [0.29, 0.717) is 10.5 Å². The third kappa shape index (κ3) is 2.53. The van der Waals surface area contributed by atoms with Gasteiger partial charge in [-0.05, 0) is 40.9 Å². The molecule has 0 saturated heterocycles. The van der Waals surface area contributed by atoms with Crippen molar-refractivity contribution in [3.63, 3.8) is 0 Å². The van der Waals surface area contributed by atoms with Crippen LogP contribution < -0.4 is 0 Å². The van der Waals surface area contributed by atoms with Gasteiger partial charge in [0.05, 0.1) is 11.6 Å². The number of carbonyl (C=O) groups is 2. The van der Waals surface area contributed by atoms with E-state index in [-0.39, 0.29) is 17.3 Å². The van der Waals surface area contributed by atoms with Crippen LogP contribution in [-0.4, -0.2) is 42.0 Å². The number of pyridine rings is 1. The summed E-state index contributed by atoms with van der Waals surface area (Å²) >= 11 is 3.21. The van der Waals surface area contributed by atoms with Crippen LogP contribution in [0.4, 0.5) is 0 Å². The molecule has 5 nitrogen and oxygen atoms in total. The van der Waals surface area contributed by atoms with Crippen LogP contribution in [0.3, 0.4) is 0 Å². The van der Waals surface area contributed by atoms with Crippen LogP contribution in [0.1, 0.15) is 33.8 Å². The lowest BCUT2D eigenvalue weighted by Gasteiger charge is -2.16. The monoisotopic (exact) mass is 312 g/mol. The third-order valence-electron chi connectivity index (χ3n) is 2.86. The van der Waals surface area contributed by atoms with Crippen molar-refractivity contribution in [2.24, 2.45) is 0 Å². The molecule has 6 heteroatoms. The number of halogens is 1. The van der Waals surface area contributed by atoms with Crippen LogP contribution in [-0.2, 0) is 4.74 Å². The molecule has 0 unspecified atom stereocenters. The molecule has 1 aliphatic rings. The normalized spacial score (nSPS) is 14.2. The summed E-state index contributed by atoms with van der Waals surface area (Å²) in [5, 5.41) is 0. The molecule has 0 aliphatic heterocycles. The molecule has 0 aromatic carbocycles. The van der Waals surface area contributed by atoms with Crippen molar-refractivity contribution in [3.8, 4) is 0 Å². The Morgan fingerprint density at radius 2 is 2.11 bits per heavy atom. The highest BCUT2D eigenvalue weighted by molar-refractivity contribution is 9.10. The molecular weight excluding hydrogens is 300 g/mol. The highest BCUT2D eigenvalue weighted by Gasteiger charge is 2.31. The Morgan fingerprint density at radius 1 is 1.44 bits per heavy atom. The Balaban J connectivity index is 2.28. The molecule has 0 bridgehead atoms. The van der Waals surface area contributed by atoms with Crippen molar-refractivity contribution >= 4 is 27.8 Å². The van der Waals surface area contributed by atoms with Crippen LogP contribution in [0.15, 0.2) is 16.6 Å². The Kier molecular flexibility index (Phi) is 3.65. The van der Waals surface area contributed by atoms with E-state index in [9.17, 15) is 9.59 Å². The number of hydrogen-bond donors (Lipinski definition) is 0. The predicted molar refractivity (Wildman–Crippen MR) is 68.4 cm³/mol. The third-order valence-corrected chi connectivity index (χ3v) is 3.50. The number of carbonyl (C=O) groups excluding carboxylic acids is 2. The number of esters is 1. The molecule has 96 valence electrons. The number of methoxy groups -OCH3 is 1. The minimum atomic E-state index is -0.564. The van der Waals surface area contributed by atoms with Gasteiger partial charge < -0.3 is 9.64 Å². The molecule has 1 saturated carbocycles. The van der Waals surface area contributed by atoms with E-state index in [2.05, 4.69) is 25.7 Å². The average Bonchev–Trinajstić information content (AvgIpc) is 3.21. The summed E-state index contributed by atoms with van der Waals surface area (Å²) in [4.78, 5) is 29.3. The van der Waals surface area contributed by atoms with Gasteiger partial charge in [-0.3, -0.25) is 4.79 Å². The maximum atomic E-state index is 12.1. The quantitative estimate of drug-likeness (QED) is 0.799. The number of ether oxygens (including phenoxy) is 1. The summed E-state index contributed by atoms with van der Waals surface area (Å²) < 4.78 is 5.13. The Morgan fingerprint density at radius 3 is 2.67 bits per heavy atom. The fourth-order valence-electron chi connectivity index (χ4n) is 1.61. The van der Waals surface area contributed by atoms with Crippen LogP contribution in [0.2, 0.25) is 0 Å². The van der Waals surface area contributed by atoms with Crippen LogP contribution >= 0.6 is 15.9 Å². The summed E-state index contributed by atoms with van der Waals surface area (Å²) in [6.45, 7) is 0. The molecule has 1 aromatic rings. The average molecular weight is 313 g/mol. The Labute approximate surface area is 113 Å². The minimum Gasteiger partial charge on any atom is -0.464 e. The lowest BCUT2D eigenvalue weighted by molar-refractivity contribution is 0.0592. The molecule has 0 radical (unpaired) electrons. The summed E-state index contributed by atoms with van der Waals surface area (Å²) in [6, 6.07) is 3.54. The first kappa shape index (κ1) is 13.0. The van der Waals surface area contributed by atoms with Gasteiger partial charge in [0.2, 0.25) is 0 Å².